The van der Waals surface area contributed by atoms with Crippen molar-refractivity contribution in [3.63, 3.8) is 0 Å². The zero-order valence-corrected chi connectivity index (χ0v) is 17.2. The predicted octanol–water partition coefficient (Wildman–Crippen LogP) is 1.50. The first-order chi connectivity index (χ1) is 13.7. The molecule has 3 aliphatic rings. The summed E-state index contributed by atoms with van der Waals surface area (Å²) in [6, 6.07) is 4.81. The predicted molar refractivity (Wildman–Crippen MR) is 109 cm³/mol. The molecule has 3 heterocycles. The summed E-state index contributed by atoms with van der Waals surface area (Å²) < 4.78 is 17.0. The number of fused-ring (bicyclic) bond motifs is 1. The third-order valence-electron chi connectivity index (χ3n) is 5.97. The summed E-state index contributed by atoms with van der Waals surface area (Å²) in [5.74, 6) is 2.84. The highest BCUT2D eigenvalue weighted by Crippen LogP contribution is 2.35. The number of aliphatic imine (C=N–C) groups is 1. The van der Waals surface area contributed by atoms with Crippen molar-refractivity contribution < 1.29 is 14.2 Å². The third kappa shape index (κ3) is 4.05. The minimum absolute atomic E-state index is 0.234. The maximum absolute atomic E-state index is 5.92. The van der Waals surface area contributed by atoms with Gasteiger partial charge in [0.25, 0.3) is 0 Å². The van der Waals surface area contributed by atoms with Crippen LogP contribution in [0.5, 0.6) is 11.5 Å². The van der Waals surface area contributed by atoms with Gasteiger partial charge < -0.3 is 24.4 Å². The zero-order chi connectivity index (χ0) is 19.5. The number of hydrogen-bond donors (Lipinski definition) is 1. The maximum atomic E-state index is 5.92. The molecule has 3 aliphatic heterocycles. The van der Waals surface area contributed by atoms with Crippen molar-refractivity contribution in [1.29, 1.82) is 0 Å². The molecule has 0 amide bonds. The van der Waals surface area contributed by atoms with Gasteiger partial charge in [-0.2, -0.15) is 0 Å². The summed E-state index contributed by atoms with van der Waals surface area (Å²) in [4.78, 5) is 9.43. The van der Waals surface area contributed by atoms with Gasteiger partial charge in [-0.1, -0.05) is 0 Å². The van der Waals surface area contributed by atoms with Crippen molar-refractivity contribution in [3.8, 4) is 11.5 Å². The second-order valence-electron chi connectivity index (χ2n) is 7.84. The van der Waals surface area contributed by atoms with Gasteiger partial charge in [0.15, 0.2) is 5.96 Å². The standard InChI is InChI=1S/C21H32N4O3/c1-15-10-16-11-19(26-3)17(12-20(16)28-15)13-23-21(22-2)25-5-4-18(14-25)24-6-8-27-9-7-24/h11-12,15,18H,4-10,13-14H2,1-3H3,(H,22,23). The van der Waals surface area contributed by atoms with Crippen LogP contribution in [0.1, 0.15) is 24.5 Å². The van der Waals surface area contributed by atoms with Crippen molar-refractivity contribution in [3.05, 3.63) is 23.3 Å². The molecule has 0 spiro atoms. The van der Waals surface area contributed by atoms with Crippen molar-refractivity contribution in [2.24, 2.45) is 4.99 Å². The molecule has 2 saturated heterocycles. The lowest BCUT2D eigenvalue weighted by Gasteiger charge is -2.32. The van der Waals surface area contributed by atoms with E-state index in [0.717, 1.165) is 68.8 Å². The lowest BCUT2D eigenvalue weighted by Crippen LogP contribution is -2.46. The number of hydrogen-bond acceptors (Lipinski definition) is 5. The minimum Gasteiger partial charge on any atom is -0.496 e. The Morgan fingerprint density at radius 3 is 2.86 bits per heavy atom. The van der Waals surface area contributed by atoms with Crippen molar-refractivity contribution >= 4 is 5.96 Å². The highest BCUT2D eigenvalue weighted by molar-refractivity contribution is 5.80. The molecule has 2 atom stereocenters. The lowest BCUT2D eigenvalue weighted by molar-refractivity contribution is 0.0195. The number of nitrogens with zero attached hydrogens (tertiary/aromatic N) is 3. The summed E-state index contributed by atoms with van der Waals surface area (Å²) in [5, 5.41) is 3.53. The monoisotopic (exact) mass is 388 g/mol. The van der Waals surface area contributed by atoms with E-state index in [1.807, 2.05) is 7.05 Å². The summed E-state index contributed by atoms with van der Waals surface area (Å²) in [6.45, 7) is 8.59. The van der Waals surface area contributed by atoms with E-state index >= 15 is 0 Å². The van der Waals surface area contributed by atoms with Gasteiger partial charge in [0.2, 0.25) is 0 Å². The fourth-order valence-electron chi connectivity index (χ4n) is 4.49. The molecule has 154 valence electrons. The Kier molecular flexibility index (Phi) is 5.92. The van der Waals surface area contributed by atoms with Gasteiger partial charge in [0.05, 0.1) is 20.3 Å². The quantitative estimate of drug-likeness (QED) is 0.623. The normalized spacial score (nSPS) is 25.5. The fraction of sp³-hybridized carbons (Fsp3) is 0.667. The summed E-state index contributed by atoms with van der Waals surface area (Å²) >= 11 is 0. The highest BCUT2D eigenvalue weighted by Gasteiger charge is 2.30. The smallest absolute Gasteiger partial charge is 0.193 e. The van der Waals surface area contributed by atoms with E-state index < -0.39 is 0 Å². The molecule has 0 bridgehead atoms. The van der Waals surface area contributed by atoms with Crippen LogP contribution in [0.4, 0.5) is 0 Å². The van der Waals surface area contributed by atoms with Gasteiger partial charge in [-0.05, 0) is 25.5 Å². The molecule has 7 heteroatoms. The Bertz CT molecular complexity index is 718. The zero-order valence-electron chi connectivity index (χ0n) is 17.2. The molecule has 7 nitrogen and oxygen atoms in total. The first-order valence-electron chi connectivity index (χ1n) is 10.3. The first-order valence-corrected chi connectivity index (χ1v) is 10.3. The van der Waals surface area contributed by atoms with E-state index in [4.69, 9.17) is 14.2 Å². The van der Waals surface area contributed by atoms with E-state index in [9.17, 15) is 0 Å². The maximum Gasteiger partial charge on any atom is 0.193 e. The van der Waals surface area contributed by atoms with Crippen molar-refractivity contribution in [2.75, 3.05) is 53.6 Å². The molecule has 1 aromatic carbocycles. The minimum atomic E-state index is 0.234. The van der Waals surface area contributed by atoms with Gasteiger partial charge in [-0.25, -0.2) is 0 Å². The molecule has 0 radical (unpaired) electrons. The average Bonchev–Trinajstić information content (AvgIpc) is 3.34. The molecule has 0 aliphatic carbocycles. The van der Waals surface area contributed by atoms with Crippen LogP contribution >= 0.6 is 0 Å². The molecule has 1 aromatic rings. The van der Waals surface area contributed by atoms with Gasteiger partial charge in [0, 0.05) is 63.4 Å². The van der Waals surface area contributed by atoms with E-state index in [0.29, 0.717) is 12.6 Å². The Labute approximate surface area is 167 Å². The molecule has 28 heavy (non-hydrogen) atoms. The Balaban J connectivity index is 1.38. The second-order valence-corrected chi connectivity index (χ2v) is 7.84. The van der Waals surface area contributed by atoms with Crippen molar-refractivity contribution in [2.45, 2.75) is 38.5 Å². The van der Waals surface area contributed by atoms with Crippen LogP contribution in [0.3, 0.4) is 0 Å². The summed E-state index contributed by atoms with van der Waals surface area (Å²) in [5.41, 5.74) is 2.32. The number of benzene rings is 1. The average molecular weight is 389 g/mol. The molecular weight excluding hydrogens is 356 g/mol. The summed E-state index contributed by atoms with van der Waals surface area (Å²) in [6.07, 6.45) is 2.35. The van der Waals surface area contributed by atoms with Gasteiger partial charge in [-0.15, -0.1) is 0 Å². The van der Waals surface area contributed by atoms with E-state index in [2.05, 4.69) is 39.2 Å². The number of rotatable bonds is 4. The third-order valence-corrected chi connectivity index (χ3v) is 5.97. The van der Waals surface area contributed by atoms with Crippen LogP contribution in [0.2, 0.25) is 0 Å². The number of likely N-dealkylation sites (tertiary alicyclic amines) is 1. The first kappa shape index (κ1) is 19.3. The highest BCUT2D eigenvalue weighted by atomic mass is 16.5. The molecule has 0 aromatic heterocycles. The van der Waals surface area contributed by atoms with Crippen LogP contribution < -0.4 is 14.8 Å². The molecule has 2 fully saturated rings. The Morgan fingerprint density at radius 2 is 2.11 bits per heavy atom. The number of guanidine groups is 1. The van der Waals surface area contributed by atoms with E-state index in [1.165, 1.54) is 12.0 Å². The van der Waals surface area contributed by atoms with Crippen LogP contribution in [0, 0.1) is 0 Å². The number of methoxy groups -OCH3 is 1. The van der Waals surface area contributed by atoms with Gasteiger partial charge in [0.1, 0.15) is 17.6 Å². The van der Waals surface area contributed by atoms with Crippen molar-refractivity contribution in [1.82, 2.24) is 15.1 Å². The molecular formula is C21H32N4O3. The topological polar surface area (TPSA) is 58.6 Å². The molecule has 2 unspecified atom stereocenters. The molecule has 4 rings (SSSR count). The number of nitrogens with one attached hydrogen (secondary N) is 1. The Morgan fingerprint density at radius 1 is 1.29 bits per heavy atom. The fourth-order valence-corrected chi connectivity index (χ4v) is 4.49. The largest absolute Gasteiger partial charge is 0.496 e. The number of ether oxygens (including phenoxy) is 3. The second kappa shape index (κ2) is 8.57. The molecule has 1 N–H and O–H groups in total. The SMILES string of the molecule is CN=C(NCc1cc2c(cc1OC)CC(C)O2)N1CCC(N2CCOCC2)C1. The van der Waals surface area contributed by atoms with Crippen LogP contribution in [0.25, 0.3) is 0 Å². The van der Waals surface area contributed by atoms with Gasteiger partial charge in [-0.3, -0.25) is 9.89 Å². The lowest BCUT2D eigenvalue weighted by atomic mass is 10.1. The number of morpholine rings is 1. The van der Waals surface area contributed by atoms with Gasteiger partial charge >= 0.3 is 0 Å². The molecule has 0 saturated carbocycles. The van der Waals surface area contributed by atoms with Crippen LogP contribution in [0.15, 0.2) is 17.1 Å². The Hall–Kier alpha value is -1.99. The van der Waals surface area contributed by atoms with E-state index in [1.54, 1.807) is 7.11 Å². The van der Waals surface area contributed by atoms with E-state index in [-0.39, 0.29) is 6.10 Å². The van der Waals surface area contributed by atoms with Crippen LogP contribution in [-0.4, -0.2) is 81.5 Å². The summed E-state index contributed by atoms with van der Waals surface area (Å²) in [7, 11) is 3.59. The van der Waals surface area contributed by atoms with Crippen LogP contribution in [-0.2, 0) is 17.7 Å².